The normalized spacial score (nSPS) is 11.7. The largest absolute Gasteiger partial charge is 0.318 e. The molecule has 0 aliphatic carbocycles. The van der Waals surface area contributed by atoms with E-state index in [1.807, 2.05) is 35.6 Å². The number of nitrogens with zero attached hydrogens (tertiary/aromatic N) is 4. The molecule has 0 atom stereocenters. The molecule has 16 rings (SSSR count). The van der Waals surface area contributed by atoms with E-state index in [1.54, 1.807) is 11.3 Å². The van der Waals surface area contributed by atoms with E-state index < -0.39 is 0 Å². The van der Waals surface area contributed by atoms with Crippen LogP contribution in [0.15, 0.2) is 255 Å². The Labute approximate surface area is 468 Å². The van der Waals surface area contributed by atoms with Crippen molar-refractivity contribution >= 4 is 112 Å². The van der Waals surface area contributed by atoms with Gasteiger partial charge in [0.25, 0.3) is 0 Å². The smallest absolute Gasteiger partial charge is 0.220 e. The molecule has 4 nitrogen and oxygen atoms in total. The number of aromatic nitrogens is 2. The van der Waals surface area contributed by atoms with Gasteiger partial charge in [-0.1, -0.05) is 224 Å². The maximum Gasteiger partial charge on any atom is 0.220 e. The summed E-state index contributed by atoms with van der Waals surface area (Å²) >= 11 is 3.61. The lowest BCUT2D eigenvalue weighted by Crippen LogP contribution is -2.09. The topological polar surface area (TPSA) is 38.0 Å². The zero-order chi connectivity index (χ0) is 53.0. The molecule has 0 aliphatic heterocycles. The van der Waals surface area contributed by atoms with Crippen LogP contribution in [0, 0.1) is 17.9 Å². The SMILES string of the molecule is [C-]#[N+]c1c(-c2ccccc2)c(C#N)c(-n2c3c(ccc4c5ccccc5sc43)c3cc(-c4ccccc4)c4c5ccccc5sc4c32)c(-c2ccccc2)c1-n1c2cc(-c3ccccc3)ccc2c2ccc(-c3ccccc3)cc21. The molecular formula is C74H42N4S2. The van der Waals surface area contributed by atoms with E-state index in [1.165, 1.54) is 25.6 Å². The molecule has 0 fully saturated rings. The minimum absolute atomic E-state index is 0.399. The summed E-state index contributed by atoms with van der Waals surface area (Å²) < 4.78 is 9.47. The van der Waals surface area contributed by atoms with Crippen LogP contribution in [0.25, 0.3) is 156 Å². The van der Waals surface area contributed by atoms with Crippen LogP contribution in [0.3, 0.4) is 0 Å². The van der Waals surface area contributed by atoms with Gasteiger partial charge in [-0.3, -0.25) is 0 Å². The van der Waals surface area contributed by atoms with Gasteiger partial charge in [0.1, 0.15) is 6.07 Å². The molecule has 12 aromatic carbocycles. The van der Waals surface area contributed by atoms with Crippen molar-refractivity contribution in [2.24, 2.45) is 0 Å². The average molecular weight is 1050 g/mol. The molecule has 4 heterocycles. The van der Waals surface area contributed by atoms with Crippen LogP contribution in [-0.4, -0.2) is 9.13 Å². The van der Waals surface area contributed by atoms with E-state index >= 15 is 0 Å². The maximum absolute atomic E-state index is 12.5. The minimum atomic E-state index is 0.399. The predicted molar refractivity (Wildman–Crippen MR) is 339 cm³/mol. The van der Waals surface area contributed by atoms with Crippen molar-refractivity contribution in [2.75, 3.05) is 0 Å². The van der Waals surface area contributed by atoms with E-state index in [2.05, 4.69) is 246 Å². The van der Waals surface area contributed by atoms with Crippen molar-refractivity contribution in [1.82, 2.24) is 9.13 Å². The number of fused-ring (bicyclic) bond motifs is 14. The molecule has 0 spiro atoms. The third-order valence-electron chi connectivity index (χ3n) is 16.2. The lowest BCUT2D eigenvalue weighted by Gasteiger charge is -2.26. The van der Waals surface area contributed by atoms with Crippen LogP contribution >= 0.6 is 22.7 Å². The highest BCUT2D eigenvalue weighted by atomic mass is 32.1. The van der Waals surface area contributed by atoms with E-state index in [-0.39, 0.29) is 0 Å². The highest BCUT2D eigenvalue weighted by Gasteiger charge is 2.34. The second-order valence-electron chi connectivity index (χ2n) is 20.4. The van der Waals surface area contributed by atoms with E-state index in [4.69, 9.17) is 4.85 Å². The maximum atomic E-state index is 12.5. The lowest BCUT2D eigenvalue weighted by molar-refractivity contribution is 1.14. The predicted octanol–water partition coefficient (Wildman–Crippen LogP) is 21.4. The Morgan fingerprint density at radius 1 is 0.362 bits per heavy atom. The Morgan fingerprint density at radius 2 is 0.825 bits per heavy atom. The van der Waals surface area contributed by atoms with Crippen LogP contribution in [-0.2, 0) is 0 Å². The van der Waals surface area contributed by atoms with E-state index in [0.717, 1.165) is 114 Å². The van der Waals surface area contributed by atoms with Gasteiger partial charge in [0, 0.05) is 63.6 Å². The molecule has 16 aromatic rings. The highest BCUT2D eigenvalue weighted by Crippen LogP contribution is 2.56. The van der Waals surface area contributed by atoms with E-state index in [0.29, 0.717) is 22.5 Å². The Balaban J connectivity index is 1.20. The zero-order valence-corrected chi connectivity index (χ0v) is 44.5. The van der Waals surface area contributed by atoms with Gasteiger partial charge >= 0.3 is 0 Å². The third-order valence-corrected chi connectivity index (χ3v) is 18.5. The quantitative estimate of drug-likeness (QED) is 0.147. The van der Waals surface area contributed by atoms with Crippen LogP contribution in [0.4, 0.5) is 5.69 Å². The number of hydrogen-bond acceptors (Lipinski definition) is 3. The fourth-order valence-corrected chi connectivity index (χ4v) is 15.2. The summed E-state index contributed by atoms with van der Waals surface area (Å²) in [6.07, 6.45) is 0. The highest BCUT2D eigenvalue weighted by molar-refractivity contribution is 7.27. The van der Waals surface area contributed by atoms with Crippen molar-refractivity contribution in [2.45, 2.75) is 0 Å². The van der Waals surface area contributed by atoms with Crippen molar-refractivity contribution in [3.63, 3.8) is 0 Å². The first kappa shape index (κ1) is 45.8. The lowest BCUT2D eigenvalue weighted by atomic mass is 9.88. The summed E-state index contributed by atoms with van der Waals surface area (Å²) in [5.74, 6) is 0. The Hall–Kier alpha value is -10.3. The third kappa shape index (κ3) is 6.77. The molecule has 0 unspecified atom stereocenters. The summed E-state index contributed by atoms with van der Waals surface area (Å²) in [6.45, 7) is 9.63. The Kier molecular flexibility index (Phi) is 10.4. The summed E-state index contributed by atoms with van der Waals surface area (Å²) in [5.41, 5.74) is 15.9. The van der Waals surface area contributed by atoms with Gasteiger partial charge in [0.05, 0.1) is 55.0 Å². The molecular weight excluding hydrogens is 1010 g/mol. The fraction of sp³-hybridized carbons (Fsp3) is 0. The minimum Gasteiger partial charge on any atom is -0.318 e. The molecule has 0 N–H and O–H groups in total. The van der Waals surface area contributed by atoms with Crippen LogP contribution in [0.2, 0.25) is 0 Å². The van der Waals surface area contributed by atoms with Crippen molar-refractivity contribution in [3.05, 3.63) is 272 Å². The second-order valence-corrected chi connectivity index (χ2v) is 22.5. The summed E-state index contributed by atoms with van der Waals surface area (Å²) in [5, 5.41) is 21.5. The molecule has 0 bridgehead atoms. The number of thiophene rings is 2. The standard InChI is InChI=1S/C74H42N4S2/c1-76-68-65(48-27-13-5-14-28-48)60(44-75)69(66(49-29-15-6-16-30-49)72(68)77-61-41-50(45-21-7-2-8-22-45)35-37-52(61)53-38-36-51(42-62(53)77)46-23-9-3-10-24-46)78-70-55(39-40-56-54-31-17-19-33-63(54)79-73(56)70)59-43-58(47-25-11-4-12-26-47)67-57-32-18-20-34-64(57)80-74(67)71(59)78/h2-43H. The van der Waals surface area contributed by atoms with Gasteiger partial charge in [0.2, 0.25) is 5.69 Å². The molecule has 0 saturated heterocycles. The van der Waals surface area contributed by atoms with Crippen molar-refractivity contribution in [1.29, 1.82) is 5.26 Å². The van der Waals surface area contributed by atoms with Gasteiger partial charge in [-0.2, -0.15) is 5.26 Å². The van der Waals surface area contributed by atoms with Gasteiger partial charge in [-0.25, -0.2) is 4.85 Å². The number of hydrogen-bond donors (Lipinski definition) is 0. The first-order chi connectivity index (χ1) is 39.6. The summed E-state index contributed by atoms with van der Waals surface area (Å²) in [7, 11) is 0. The molecule has 6 heteroatoms. The second kappa shape index (κ2) is 18.1. The molecule has 0 radical (unpaired) electrons. The first-order valence-electron chi connectivity index (χ1n) is 26.8. The monoisotopic (exact) mass is 1050 g/mol. The Morgan fingerprint density at radius 3 is 1.40 bits per heavy atom. The van der Waals surface area contributed by atoms with Gasteiger partial charge in [-0.05, 0) is 74.8 Å². The number of nitriles is 1. The molecule has 4 aromatic heterocycles. The van der Waals surface area contributed by atoms with Crippen LogP contribution < -0.4 is 0 Å². The average Bonchev–Trinajstić information content (AvgIpc) is 4.35. The summed E-state index contributed by atoms with van der Waals surface area (Å²) in [6, 6.07) is 93.4. The van der Waals surface area contributed by atoms with Gasteiger partial charge in [-0.15, -0.1) is 22.7 Å². The van der Waals surface area contributed by atoms with Gasteiger partial charge < -0.3 is 9.13 Å². The van der Waals surface area contributed by atoms with Crippen LogP contribution in [0.1, 0.15) is 5.56 Å². The fourth-order valence-electron chi connectivity index (χ4n) is 12.7. The van der Waals surface area contributed by atoms with Crippen molar-refractivity contribution < 1.29 is 0 Å². The number of rotatable bonds is 7. The van der Waals surface area contributed by atoms with Crippen molar-refractivity contribution in [3.8, 4) is 73.1 Å². The molecule has 370 valence electrons. The molecule has 80 heavy (non-hydrogen) atoms. The molecule has 0 aliphatic rings. The number of benzene rings is 12. The van der Waals surface area contributed by atoms with Gasteiger partial charge in [0.15, 0.2) is 0 Å². The van der Waals surface area contributed by atoms with Crippen LogP contribution in [0.5, 0.6) is 0 Å². The summed E-state index contributed by atoms with van der Waals surface area (Å²) in [4.78, 5) is 4.70. The Bertz CT molecular complexity index is 5190. The molecule has 0 amide bonds. The first-order valence-corrected chi connectivity index (χ1v) is 28.4. The zero-order valence-electron chi connectivity index (χ0n) is 42.9. The molecule has 0 saturated carbocycles. The van der Waals surface area contributed by atoms with E-state index in [9.17, 15) is 11.8 Å².